The molecule has 0 bridgehead atoms. The van der Waals surface area contributed by atoms with Crippen LogP contribution < -0.4 is 15.5 Å². The van der Waals surface area contributed by atoms with Gasteiger partial charge in [-0.3, -0.25) is 4.79 Å². The van der Waals surface area contributed by atoms with Crippen molar-refractivity contribution in [1.82, 2.24) is 15.5 Å². The third-order valence-corrected chi connectivity index (χ3v) is 5.27. The normalized spacial score (nSPS) is 16.5. The molecular weight excluding hydrogens is 497 g/mol. The number of amides is 2. The number of halogens is 1. The van der Waals surface area contributed by atoms with Crippen LogP contribution in [0, 0.1) is 0 Å². The number of carbonyl (C=O) groups excluding carboxylic acids is 2. The number of piperidine rings is 1. The number of rotatable bonds is 5. The molecule has 1 saturated heterocycles. The Morgan fingerprint density at radius 1 is 1.17 bits per heavy atom. The molecule has 1 aromatic carbocycles. The molecule has 2 amide bonds. The molecule has 166 valence electrons. The Morgan fingerprint density at radius 2 is 1.90 bits per heavy atom. The lowest BCUT2D eigenvalue weighted by Crippen LogP contribution is -2.50. The molecule has 0 atom stereocenters. The fraction of sp³-hybridized carbons (Fsp3) is 0.571. The van der Waals surface area contributed by atoms with E-state index >= 15 is 0 Å². The summed E-state index contributed by atoms with van der Waals surface area (Å²) < 4.78 is 5.06. The van der Waals surface area contributed by atoms with Crippen molar-refractivity contribution in [3.63, 3.8) is 0 Å². The van der Waals surface area contributed by atoms with Crippen molar-refractivity contribution in [2.24, 2.45) is 4.99 Å². The first-order valence-corrected chi connectivity index (χ1v) is 10.5. The van der Waals surface area contributed by atoms with Gasteiger partial charge in [-0.05, 0) is 44.7 Å². The highest BCUT2D eigenvalue weighted by molar-refractivity contribution is 14.0. The second kappa shape index (κ2) is 12.0. The molecule has 0 saturated carbocycles. The van der Waals surface area contributed by atoms with E-state index in [4.69, 9.17) is 4.74 Å². The monoisotopic (exact) mass is 529 g/mol. The van der Waals surface area contributed by atoms with E-state index in [1.807, 2.05) is 36.9 Å². The summed E-state index contributed by atoms with van der Waals surface area (Å²) in [5.74, 6) is 0.646. The number of carbonyl (C=O) groups is 2. The Kier molecular flexibility index (Phi) is 9.67. The van der Waals surface area contributed by atoms with Crippen molar-refractivity contribution >= 4 is 47.6 Å². The highest BCUT2D eigenvalue weighted by Crippen LogP contribution is 2.27. The van der Waals surface area contributed by atoms with Crippen molar-refractivity contribution in [2.45, 2.75) is 39.2 Å². The van der Waals surface area contributed by atoms with Crippen molar-refractivity contribution in [3.8, 4) is 0 Å². The van der Waals surface area contributed by atoms with Crippen LogP contribution in [0.1, 0.15) is 32.3 Å². The molecular formula is C21H32IN5O3. The molecule has 2 aliphatic rings. The third-order valence-electron chi connectivity index (χ3n) is 5.27. The molecule has 1 fully saturated rings. The van der Waals surface area contributed by atoms with Gasteiger partial charge >= 0.3 is 6.09 Å². The second-order valence-electron chi connectivity index (χ2n) is 7.22. The average Bonchev–Trinajstić information content (AvgIpc) is 3.17. The van der Waals surface area contributed by atoms with E-state index in [9.17, 15) is 9.59 Å². The van der Waals surface area contributed by atoms with Crippen molar-refractivity contribution in [2.75, 3.05) is 44.2 Å². The molecule has 0 aromatic heterocycles. The fourth-order valence-electron chi connectivity index (χ4n) is 3.76. The molecule has 3 rings (SSSR count). The minimum absolute atomic E-state index is 0. The number of aliphatic imine (C=N–C) groups is 1. The van der Waals surface area contributed by atoms with Crippen LogP contribution in [0.2, 0.25) is 0 Å². The molecule has 0 unspecified atom stereocenters. The van der Waals surface area contributed by atoms with Gasteiger partial charge in [-0.2, -0.15) is 0 Å². The van der Waals surface area contributed by atoms with Crippen molar-refractivity contribution in [1.29, 1.82) is 0 Å². The first kappa shape index (κ1) is 24.2. The maximum absolute atomic E-state index is 12.7. The molecule has 0 aliphatic carbocycles. The first-order chi connectivity index (χ1) is 14.1. The number of nitrogens with zero attached hydrogens (tertiary/aromatic N) is 3. The van der Waals surface area contributed by atoms with Gasteiger partial charge in [0.05, 0.1) is 6.61 Å². The summed E-state index contributed by atoms with van der Waals surface area (Å²) in [6.07, 6.45) is 2.28. The number of hydrogen-bond donors (Lipinski definition) is 2. The predicted molar refractivity (Wildman–Crippen MR) is 129 cm³/mol. The highest BCUT2D eigenvalue weighted by Gasteiger charge is 2.25. The minimum atomic E-state index is -0.247. The van der Waals surface area contributed by atoms with E-state index in [0.29, 0.717) is 38.7 Å². The SMILES string of the molecule is CCNC(=NCC(=O)N1CCc2ccccc21)NC1CCN(C(=O)OCC)CC1.I. The molecule has 0 radical (unpaired) electrons. The number of guanidine groups is 1. The van der Waals surface area contributed by atoms with Crippen LogP contribution in [-0.2, 0) is 16.0 Å². The van der Waals surface area contributed by atoms with Crippen LogP contribution in [0.3, 0.4) is 0 Å². The number of anilines is 1. The Balaban J connectivity index is 0.00000320. The van der Waals surface area contributed by atoms with E-state index in [1.165, 1.54) is 5.56 Å². The average molecular weight is 529 g/mol. The Bertz CT molecular complexity index is 750. The smallest absolute Gasteiger partial charge is 0.409 e. The first-order valence-electron chi connectivity index (χ1n) is 10.5. The second-order valence-corrected chi connectivity index (χ2v) is 7.22. The van der Waals surface area contributed by atoms with Gasteiger partial charge < -0.3 is 25.2 Å². The molecule has 1 aromatic rings. The summed E-state index contributed by atoms with van der Waals surface area (Å²) >= 11 is 0. The lowest BCUT2D eigenvalue weighted by atomic mass is 10.1. The Morgan fingerprint density at radius 3 is 2.60 bits per heavy atom. The zero-order chi connectivity index (χ0) is 20.6. The third kappa shape index (κ3) is 6.23. The van der Waals surface area contributed by atoms with Gasteiger partial charge in [0, 0.05) is 37.9 Å². The van der Waals surface area contributed by atoms with E-state index in [1.54, 1.807) is 4.90 Å². The molecule has 2 heterocycles. The molecule has 2 aliphatic heterocycles. The van der Waals surface area contributed by atoms with Gasteiger partial charge in [-0.15, -0.1) is 24.0 Å². The zero-order valence-electron chi connectivity index (χ0n) is 17.7. The van der Waals surface area contributed by atoms with E-state index in [2.05, 4.69) is 21.7 Å². The fourth-order valence-corrected chi connectivity index (χ4v) is 3.76. The summed E-state index contributed by atoms with van der Waals surface area (Å²) in [5.41, 5.74) is 2.21. The van der Waals surface area contributed by atoms with Gasteiger partial charge in [0.15, 0.2) is 5.96 Å². The maximum Gasteiger partial charge on any atom is 0.409 e. The van der Waals surface area contributed by atoms with Gasteiger partial charge in [0.25, 0.3) is 0 Å². The molecule has 8 nitrogen and oxygen atoms in total. The van der Waals surface area contributed by atoms with Crippen LogP contribution in [-0.4, -0.2) is 68.2 Å². The number of hydrogen-bond acceptors (Lipinski definition) is 4. The van der Waals surface area contributed by atoms with Crippen LogP contribution in [0.25, 0.3) is 0 Å². The summed E-state index contributed by atoms with van der Waals surface area (Å²) in [6.45, 7) is 7.04. The number of para-hydroxylation sites is 1. The lowest BCUT2D eigenvalue weighted by Gasteiger charge is -2.32. The Labute approximate surface area is 195 Å². The number of nitrogens with one attached hydrogen (secondary N) is 2. The van der Waals surface area contributed by atoms with Crippen molar-refractivity contribution in [3.05, 3.63) is 29.8 Å². The standard InChI is InChI=1S/C21H31N5O3.HI/c1-3-22-20(24-17-10-12-25(13-11-17)21(28)29-4-2)23-15-19(27)26-14-9-16-7-5-6-8-18(16)26;/h5-8,17H,3-4,9-15H2,1-2H3,(H2,22,23,24);1H. The number of benzene rings is 1. The lowest BCUT2D eigenvalue weighted by molar-refractivity contribution is -0.117. The van der Waals surface area contributed by atoms with E-state index in [0.717, 1.165) is 24.9 Å². The maximum atomic E-state index is 12.7. The van der Waals surface area contributed by atoms with Gasteiger partial charge in [-0.1, -0.05) is 18.2 Å². The van der Waals surface area contributed by atoms with E-state index in [-0.39, 0.29) is 48.6 Å². The Hall–Kier alpha value is -2.04. The molecule has 2 N–H and O–H groups in total. The molecule has 9 heteroatoms. The van der Waals surface area contributed by atoms with Gasteiger partial charge in [-0.25, -0.2) is 9.79 Å². The zero-order valence-corrected chi connectivity index (χ0v) is 20.1. The highest BCUT2D eigenvalue weighted by atomic mass is 127. The van der Waals surface area contributed by atoms with Crippen LogP contribution in [0.15, 0.2) is 29.3 Å². The number of fused-ring (bicyclic) bond motifs is 1. The summed E-state index contributed by atoms with van der Waals surface area (Å²) in [4.78, 5) is 32.6. The van der Waals surface area contributed by atoms with Gasteiger partial charge in [0.2, 0.25) is 5.91 Å². The largest absolute Gasteiger partial charge is 0.450 e. The number of likely N-dealkylation sites (tertiary alicyclic amines) is 1. The molecule has 0 spiro atoms. The molecule has 30 heavy (non-hydrogen) atoms. The summed E-state index contributed by atoms with van der Waals surface area (Å²) in [6, 6.07) is 8.24. The summed E-state index contributed by atoms with van der Waals surface area (Å²) in [5, 5.41) is 6.62. The van der Waals surface area contributed by atoms with Crippen LogP contribution in [0.5, 0.6) is 0 Å². The predicted octanol–water partition coefficient (Wildman–Crippen LogP) is 2.37. The van der Waals surface area contributed by atoms with Crippen LogP contribution in [0.4, 0.5) is 10.5 Å². The number of ether oxygens (including phenoxy) is 1. The van der Waals surface area contributed by atoms with E-state index < -0.39 is 0 Å². The quantitative estimate of drug-likeness (QED) is 0.348. The van der Waals surface area contributed by atoms with Crippen LogP contribution >= 0.6 is 24.0 Å². The minimum Gasteiger partial charge on any atom is -0.450 e. The summed E-state index contributed by atoms with van der Waals surface area (Å²) in [7, 11) is 0. The topological polar surface area (TPSA) is 86.3 Å². The van der Waals surface area contributed by atoms with Crippen molar-refractivity contribution < 1.29 is 14.3 Å². The van der Waals surface area contributed by atoms with Gasteiger partial charge in [0.1, 0.15) is 6.54 Å².